The summed E-state index contributed by atoms with van der Waals surface area (Å²) in [6, 6.07) is 14.1. The number of rotatable bonds is 7. The first kappa shape index (κ1) is 21.0. The average Bonchev–Trinajstić information content (AvgIpc) is 2.65. The van der Waals surface area contributed by atoms with Crippen molar-refractivity contribution >= 4 is 17.4 Å². The molecule has 3 N–H and O–H groups in total. The Bertz CT molecular complexity index is 755. The standard InChI is InChI=1S/C21H28N2O3S/c1-21(2,3)17-8-5-15(6-9-17)12-23-20(27)25-13-16-7-10-18(26-14-22)19(11-16)24-4/h5-11H,12-14,22H2,1-4H3,(H,23,27). The maximum Gasteiger partial charge on any atom is 0.257 e. The van der Waals surface area contributed by atoms with E-state index in [1.54, 1.807) is 13.2 Å². The quantitative estimate of drug-likeness (QED) is 0.554. The van der Waals surface area contributed by atoms with E-state index in [4.69, 9.17) is 32.2 Å². The highest BCUT2D eigenvalue weighted by atomic mass is 32.1. The van der Waals surface area contributed by atoms with Crippen LogP contribution in [0, 0.1) is 0 Å². The number of thiocarbonyl (C=S) groups is 1. The SMILES string of the molecule is COc1cc(COC(=S)NCc2ccc(C(C)(C)C)cc2)ccc1OCN. The van der Waals surface area contributed by atoms with Crippen LogP contribution in [0.5, 0.6) is 11.5 Å². The second-order valence-electron chi connectivity index (χ2n) is 7.17. The maximum atomic E-state index is 5.63. The maximum absolute atomic E-state index is 5.63. The van der Waals surface area contributed by atoms with Crippen molar-refractivity contribution in [2.45, 2.75) is 39.3 Å². The van der Waals surface area contributed by atoms with Crippen LogP contribution in [0.1, 0.15) is 37.5 Å². The minimum Gasteiger partial charge on any atom is -0.493 e. The summed E-state index contributed by atoms with van der Waals surface area (Å²) in [4.78, 5) is 0. The molecule has 0 aliphatic heterocycles. The van der Waals surface area contributed by atoms with Crippen LogP contribution < -0.4 is 20.5 Å². The third-order valence-corrected chi connectivity index (χ3v) is 4.36. The molecule has 2 rings (SSSR count). The van der Waals surface area contributed by atoms with Crippen molar-refractivity contribution in [1.82, 2.24) is 5.32 Å². The summed E-state index contributed by atoms with van der Waals surface area (Å²) in [6.45, 7) is 7.66. The molecule has 6 heteroatoms. The minimum absolute atomic E-state index is 0.0942. The lowest BCUT2D eigenvalue weighted by atomic mass is 9.87. The van der Waals surface area contributed by atoms with E-state index in [0.717, 1.165) is 11.1 Å². The lowest BCUT2D eigenvalue weighted by Gasteiger charge is -2.19. The molecule has 0 spiro atoms. The van der Waals surface area contributed by atoms with Gasteiger partial charge < -0.3 is 19.5 Å². The van der Waals surface area contributed by atoms with Gasteiger partial charge in [0.25, 0.3) is 5.17 Å². The number of benzene rings is 2. The van der Waals surface area contributed by atoms with Crippen LogP contribution in [0.2, 0.25) is 0 Å². The fourth-order valence-corrected chi connectivity index (χ4v) is 2.64. The molecule has 0 heterocycles. The van der Waals surface area contributed by atoms with E-state index < -0.39 is 0 Å². The average molecular weight is 389 g/mol. The van der Waals surface area contributed by atoms with Crippen LogP contribution in [-0.4, -0.2) is 19.0 Å². The van der Waals surface area contributed by atoms with Crippen molar-refractivity contribution in [3.05, 3.63) is 59.2 Å². The molecule has 0 amide bonds. The Morgan fingerprint density at radius 2 is 1.70 bits per heavy atom. The zero-order valence-electron chi connectivity index (χ0n) is 16.4. The van der Waals surface area contributed by atoms with E-state index in [2.05, 4.69) is 50.4 Å². The number of hydrogen-bond acceptors (Lipinski definition) is 5. The molecule has 0 saturated heterocycles. The molecule has 0 aromatic heterocycles. The second-order valence-corrected chi connectivity index (χ2v) is 7.54. The summed E-state index contributed by atoms with van der Waals surface area (Å²) >= 11 is 5.26. The van der Waals surface area contributed by atoms with E-state index in [9.17, 15) is 0 Å². The molecule has 0 aliphatic rings. The number of methoxy groups -OCH3 is 1. The molecular formula is C21H28N2O3S. The molecular weight excluding hydrogens is 360 g/mol. The Morgan fingerprint density at radius 1 is 1.04 bits per heavy atom. The van der Waals surface area contributed by atoms with Gasteiger partial charge in [-0.3, -0.25) is 5.73 Å². The van der Waals surface area contributed by atoms with Crippen LogP contribution >= 0.6 is 12.2 Å². The zero-order valence-corrected chi connectivity index (χ0v) is 17.2. The highest BCUT2D eigenvalue weighted by molar-refractivity contribution is 7.80. The second kappa shape index (κ2) is 9.58. The van der Waals surface area contributed by atoms with Crippen molar-refractivity contribution in [1.29, 1.82) is 0 Å². The van der Waals surface area contributed by atoms with E-state index in [1.165, 1.54) is 5.56 Å². The molecule has 0 radical (unpaired) electrons. The summed E-state index contributed by atoms with van der Waals surface area (Å²) in [5.41, 5.74) is 8.94. The Morgan fingerprint density at radius 3 is 2.30 bits per heavy atom. The molecule has 2 aromatic carbocycles. The first-order valence-corrected chi connectivity index (χ1v) is 9.24. The van der Waals surface area contributed by atoms with Crippen LogP contribution in [0.3, 0.4) is 0 Å². The third kappa shape index (κ3) is 6.41. The van der Waals surface area contributed by atoms with Crippen LogP contribution in [-0.2, 0) is 23.3 Å². The van der Waals surface area contributed by atoms with Gasteiger partial charge in [0.05, 0.1) is 7.11 Å². The molecule has 2 aromatic rings. The van der Waals surface area contributed by atoms with E-state index in [0.29, 0.717) is 29.8 Å². The molecule has 0 aliphatic carbocycles. The van der Waals surface area contributed by atoms with E-state index in [1.807, 2.05) is 12.1 Å². The summed E-state index contributed by atoms with van der Waals surface area (Å²) in [5.74, 6) is 1.21. The van der Waals surface area contributed by atoms with Crippen molar-refractivity contribution in [3.8, 4) is 11.5 Å². The first-order valence-electron chi connectivity index (χ1n) is 8.83. The summed E-state index contributed by atoms with van der Waals surface area (Å²) in [7, 11) is 1.58. The summed E-state index contributed by atoms with van der Waals surface area (Å²) < 4.78 is 16.2. The number of nitrogens with one attached hydrogen (secondary N) is 1. The van der Waals surface area contributed by atoms with Gasteiger partial charge in [0.2, 0.25) is 0 Å². The zero-order chi connectivity index (χ0) is 19.9. The molecule has 0 saturated carbocycles. The molecule has 0 bridgehead atoms. The molecule has 146 valence electrons. The highest BCUT2D eigenvalue weighted by Crippen LogP contribution is 2.28. The van der Waals surface area contributed by atoms with Crippen molar-refractivity contribution in [3.63, 3.8) is 0 Å². The minimum atomic E-state index is 0.0942. The van der Waals surface area contributed by atoms with Crippen molar-refractivity contribution in [2.75, 3.05) is 13.8 Å². The van der Waals surface area contributed by atoms with Gasteiger partial charge in [-0.15, -0.1) is 0 Å². The monoisotopic (exact) mass is 388 g/mol. The van der Waals surface area contributed by atoms with Gasteiger partial charge in [-0.2, -0.15) is 0 Å². The van der Waals surface area contributed by atoms with Crippen LogP contribution in [0.25, 0.3) is 0 Å². The lowest BCUT2D eigenvalue weighted by molar-refractivity contribution is 0.282. The Labute approximate surface area is 166 Å². The Balaban J connectivity index is 1.84. The van der Waals surface area contributed by atoms with Crippen LogP contribution in [0.15, 0.2) is 42.5 Å². The van der Waals surface area contributed by atoms with Gasteiger partial charge in [0, 0.05) is 6.54 Å². The predicted molar refractivity (Wildman–Crippen MR) is 112 cm³/mol. The van der Waals surface area contributed by atoms with Gasteiger partial charge in [-0.05, 0) is 46.5 Å². The lowest BCUT2D eigenvalue weighted by Crippen LogP contribution is -2.23. The van der Waals surface area contributed by atoms with Gasteiger partial charge in [0.15, 0.2) is 11.5 Å². The summed E-state index contributed by atoms with van der Waals surface area (Å²) in [5, 5.41) is 3.48. The van der Waals surface area contributed by atoms with Crippen molar-refractivity contribution in [2.24, 2.45) is 5.73 Å². The van der Waals surface area contributed by atoms with E-state index in [-0.39, 0.29) is 12.1 Å². The van der Waals surface area contributed by atoms with Crippen molar-refractivity contribution < 1.29 is 14.2 Å². The van der Waals surface area contributed by atoms with Gasteiger partial charge in [0.1, 0.15) is 13.3 Å². The fraction of sp³-hybridized carbons (Fsp3) is 0.381. The Hall–Kier alpha value is -2.31. The number of ether oxygens (including phenoxy) is 3. The third-order valence-electron chi connectivity index (χ3n) is 4.09. The fourth-order valence-electron chi connectivity index (χ4n) is 2.51. The van der Waals surface area contributed by atoms with E-state index >= 15 is 0 Å². The molecule has 0 fully saturated rings. The Kier molecular flexibility index (Phi) is 7.45. The van der Waals surface area contributed by atoms with Gasteiger partial charge >= 0.3 is 0 Å². The molecule has 0 atom stereocenters. The van der Waals surface area contributed by atoms with Gasteiger partial charge in [-0.25, -0.2) is 0 Å². The predicted octanol–water partition coefficient (Wildman–Crippen LogP) is 3.88. The van der Waals surface area contributed by atoms with Gasteiger partial charge in [-0.1, -0.05) is 51.1 Å². The molecule has 27 heavy (non-hydrogen) atoms. The normalized spacial score (nSPS) is 11.0. The number of hydrogen-bond donors (Lipinski definition) is 2. The molecule has 0 unspecified atom stereocenters. The largest absolute Gasteiger partial charge is 0.493 e. The molecule has 5 nitrogen and oxygen atoms in total. The smallest absolute Gasteiger partial charge is 0.257 e. The highest BCUT2D eigenvalue weighted by Gasteiger charge is 2.12. The first-order chi connectivity index (χ1) is 12.8. The summed E-state index contributed by atoms with van der Waals surface area (Å²) in [6.07, 6.45) is 0. The topological polar surface area (TPSA) is 65.7 Å². The number of nitrogens with two attached hydrogens (primary N) is 1. The van der Waals surface area contributed by atoms with Crippen LogP contribution in [0.4, 0.5) is 0 Å².